The molecule has 0 aliphatic carbocycles. The molecule has 1 aliphatic rings. The van der Waals surface area contributed by atoms with Crippen LogP contribution in [0.2, 0.25) is 0 Å². The van der Waals surface area contributed by atoms with Crippen LogP contribution in [-0.2, 0) is 11.3 Å². The average Bonchev–Trinajstić information content (AvgIpc) is 2.81. The van der Waals surface area contributed by atoms with E-state index in [-0.39, 0.29) is 0 Å². The smallest absolute Gasteiger partial charge is 0.0969 e. The summed E-state index contributed by atoms with van der Waals surface area (Å²) in [6, 6.07) is 0. The topological polar surface area (TPSA) is 63.4 Å². The number of piperidine rings is 1. The first-order chi connectivity index (χ1) is 8.72. The molecule has 0 bridgehead atoms. The first-order valence-electron chi connectivity index (χ1n) is 6.58. The van der Waals surface area contributed by atoms with Gasteiger partial charge in [0, 0.05) is 25.9 Å². The fraction of sp³-hybridized carbons (Fsp3) is 0.833. The Labute approximate surface area is 108 Å². The zero-order chi connectivity index (χ0) is 12.8. The van der Waals surface area contributed by atoms with Crippen molar-refractivity contribution in [2.45, 2.75) is 31.9 Å². The summed E-state index contributed by atoms with van der Waals surface area (Å²) in [6.07, 6.45) is 5.26. The standard InChI is InChI=1S/C12H22N4O2/c1-2-18-9-8-15-6-3-4-12(17,10-15)11-16-7-5-13-14-16/h5,7,17H,2-4,6,8-11H2,1H3. The van der Waals surface area contributed by atoms with Gasteiger partial charge >= 0.3 is 0 Å². The van der Waals surface area contributed by atoms with Gasteiger partial charge in [0.1, 0.15) is 0 Å². The van der Waals surface area contributed by atoms with Crippen molar-refractivity contribution in [3.05, 3.63) is 12.4 Å². The molecule has 0 amide bonds. The number of nitrogens with zero attached hydrogens (tertiary/aromatic N) is 4. The van der Waals surface area contributed by atoms with Gasteiger partial charge in [0.05, 0.1) is 24.9 Å². The van der Waals surface area contributed by atoms with Crippen molar-refractivity contribution in [3.8, 4) is 0 Å². The summed E-state index contributed by atoms with van der Waals surface area (Å²) in [4.78, 5) is 2.26. The van der Waals surface area contributed by atoms with E-state index in [1.54, 1.807) is 17.1 Å². The second-order valence-electron chi connectivity index (χ2n) is 4.90. The van der Waals surface area contributed by atoms with Crippen molar-refractivity contribution in [1.29, 1.82) is 0 Å². The normalized spacial score (nSPS) is 25.4. The summed E-state index contributed by atoms with van der Waals surface area (Å²) in [7, 11) is 0. The van der Waals surface area contributed by atoms with E-state index >= 15 is 0 Å². The Morgan fingerprint density at radius 1 is 1.50 bits per heavy atom. The van der Waals surface area contributed by atoms with Crippen molar-refractivity contribution in [2.75, 3.05) is 32.8 Å². The van der Waals surface area contributed by atoms with Crippen molar-refractivity contribution in [2.24, 2.45) is 0 Å². The molecule has 1 aliphatic heterocycles. The molecule has 6 nitrogen and oxygen atoms in total. The number of aliphatic hydroxyl groups is 1. The summed E-state index contributed by atoms with van der Waals surface area (Å²) >= 11 is 0. The summed E-state index contributed by atoms with van der Waals surface area (Å²) in [6.45, 7) is 6.59. The fourth-order valence-electron chi connectivity index (χ4n) is 2.48. The molecule has 102 valence electrons. The molecule has 1 N–H and O–H groups in total. The number of likely N-dealkylation sites (tertiary alicyclic amines) is 1. The maximum atomic E-state index is 10.6. The lowest BCUT2D eigenvalue weighted by Crippen LogP contribution is -2.51. The van der Waals surface area contributed by atoms with Crippen LogP contribution in [0.3, 0.4) is 0 Å². The molecule has 1 saturated heterocycles. The maximum absolute atomic E-state index is 10.6. The van der Waals surface area contributed by atoms with E-state index in [0.717, 1.165) is 39.1 Å². The van der Waals surface area contributed by atoms with Crippen molar-refractivity contribution >= 4 is 0 Å². The molecule has 0 saturated carbocycles. The molecule has 0 aromatic carbocycles. The molecule has 1 unspecified atom stereocenters. The molecule has 1 aromatic rings. The van der Waals surface area contributed by atoms with Gasteiger partial charge in [-0.1, -0.05) is 5.21 Å². The molecule has 0 spiro atoms. The van der Waals surface area contributed by atoms with Crippen molar-refractivity contribution < 1.29 is 9.84 Å². The van der Waals surface area contributed by atoms with E-state index in [9.17, 15) is 5.11 Å². The van der Waals surface area contributed by atoms with Gasteiger partial charge in [0.2, 0.25) is 0 Å². The van der Waals surface area contributed by atoms with Crippen LogP contribution in [0.5, 0.6) is 0 Å². The highest BCUT2D eigenvalue weighted by atomic mass is 16.5. The highest BCUT2D eigenvalue weighted by molar-refractivity contribution is 4.87. The lowest BCUT2D eigenvalue weighted by atomic mass is 9.93. The van der Waals surface area contributed by atoms with E-state index in [2.05, 4.69) is 15.2 Å². The molecule has 0 radical (unpaired) electrons. The maximum Gasteiger partial charge on any atom is 0.0969 e. The Bertz CT molecular complexity index is 344. The third-order valence-corrected chi connectivity index (χ3v) is 3.32. The van der Waals surface area contributed by atoms with Crippen LogP contribution in [0.15, 0.2) is 12.4 Å². The molecular weight excluding hydrogens is 232 g/mol. The van der Waals surface area contributed by atoms with Gasteiger partial charge in [-0.2, -0.15) is 0 Å². The molecule has 6 heteroatoms. The van der Waals surface area contributed by atoms with Crippen LogP contribution in [-0.4, -0.2) is 63.4 Å². The minimum atomic E-state index is -0.696. The fourth-order valence-corrected chi connectivity index (χ4v) is 2.48. The van der Waals surface area contributed by atoms with Gasteiger partial charge in [-0.3, -0.25) is 4.90 Å². The number of hydrogen-bond donors (Lipinski definition) is 1. The van der Waals surface area contributed by atoms with E-state index in [4.69, 9.17) is 4.74 Å². The first-order valence-corrected chi connectivity index (χ1v) is 6.58. The van der Waals surface area contributed by atoms with Gasteiger partial charge in [0.15, 0.2) is 0 Å². The number of aromatic nitrogens is 3. The van der Waals surface area contributed by atoms with Crippen LogP contribution in [0, 0.1) is 0 Å². The lowest BCUT2D eigenvalue weighted by Gasteiger charge is -2.38. The molecule has 2 heterocycles. The van der Waals surface area contributed by atoms with E-state index in [1.807, 2.05) is 6.92 Å². The minimum absolute atomic E-state index is 0.512. The van der Waals surface area contributed by atoms with Crippen LogP contribution in [0.4, 0.5) is 0 Å². The van der Waals surface area contributed by atoms with Gasteiger partial charge in [-0.25, -0.2) is 4.68 Å². The van der Waals surface area contributed by atoms with E-state index in [1.165, 1.54) is 0 Å². The highest BCUT2D eigenvalue weighted by Gasteiger charge is 2.33. The molecule has 18 heavy (non-hydrogen) atoms. The molecule has 1 atom stereocenters. The molecule has 1 aromatic heterocycles. The SMILES string of the molecule is CCOCCN1CCCC(O)(Cn2ccnn2)C1. The highest BCUT2D eigenvalue weighted by Crippen LogP contribution is 2.22. The Hall–Kier alpha value is -0.980. The molecular formula is C12H22N4O2. The largest absolute Gasteiger partial charge is 0.387 e. The summed E-state index contributed by atoms with van der Waals surface area (Å²) < 4.78 is 7.06. The van der Waals surface area contributed by atoms with E-state index < -0.39 is 5.60 Å². The Morgan fingerprint density at radius 3 is 3.11 bits per heavy atom. The quantitative estimate of drug-likeness (QED) is 0.732. The number of hydrogen-bond acceptors (Lipinski definition) is 5. The van der Waals surface area contributed by atoms with Gasteiger partial charge in [0.25, 0.3) is 0 Å². The van der Waals surface area contributed by atoms with Crippen LogP contribution < -0.4 is 0 Å². The van der Waals surface area contributed by atoms with Gasteiger partial charge in [-0.15, -0.1) is 5.10 Å². The molecule has 1 fully saturated rings. The summed E-state index contributed by atoms with van der Waals surface area (Å²) in [5.74, 6) is 0. The van der Waals surface area contributed by atoms with Gasteiger partial charge < -0.3 is 9.84 Å². The van der Waals surface area contributed by atoms with Crippen LogP contribution in [0.1, 0.15) is 19.8 Å². The number of ether oxygens (including phenoxy) is 1. The second-order valence-corrected chi connectivity index (χ2v) is 4.90. The molecule has 2 rings (SSSR count). The third-order valence-electron chi connectivity index (χ3n) is 3.32. The van der Waals surface area contributed by atoms with Crippen LogP contribution in [0.25, 0.3) is 0 Å². The van der Waals surface area contributed by atoms with Crippen molar-refractivity contribution in [1.82, 2.24) is 19.9 Å². The summed E-state index contributed by atoms with van der Waals surface area (Å²) in [5.41, 5.74) is -0.696. The average molecular weight is 254 g/mol. The monoisotopic (exact) mass is 254 g/mol. The van der Waals surface area contributed by atoms with Gasteiger partial charge in [-0.05, 0) is 26.3 Å². The number of β-amino-alcohol motifs (C(OH)–C–C–N with tert-alkyl or cyclic N) is 1. The summed E-state index contributed by atoms with van der Waals surface area (Å²) in [5, 5.41) is 18.3. The predicted octanol–water partition coefficient (Wildman–Crippen LogP) is 0.141. The number of rotatable bonds is 6. The zero-order valence-corrected chi connectivity index (χ0v) is 11.0. The third kappa shape index (κ3) is 3.76. The first kappa shape index (κ1) is 13.5. The predicted molar refractivity (Wildman–Crippen MR) is 67.1 cm³/mol. The Kier molecular flexibility index (Phi) is 4.68. The Balaban J connectivity index is 1.84. The van der Waals surface area contributed by atoms with Crippen LogP contribution >= 0.6 is 0 Å². The van der Waals surface area contributed by atoms with Crippen molar-refractivity contribution in [3.63, 3.8) is 0 Å². The Morgan fingerprint density at radius 2 is 2.39 bits per heavy atom. The second kappa shape index (κ2) is 6.26. The van der Waals surface area contributed by atoms with E-state index in [0.29, 0.717) is 13.1 Å². The zero-order valence-electron chi connectivity index (χ0n) is 11.0. The lowest BCUT2D eigenvalue weighted by molar-refractivity contribution is -0.0506. The minimum Gasteiger partial charge on any atom is -0.387 e.